The fourth-order valence-corrected chi connectivity index (χ4v) is 8.40. The summed E-state index contributed by atoms with van der Waals surface area (Å²) in [6.45, 7) is 7.63. The van der Waals surface area contributed by atoms with Gasteiger partial charge in [-0.25, -0.2) is 8.78 Å². The Morgan fingerprint density at radius 1 is 1.07 bits per heavy atom. The van der Waals surface area contributed by atoms with Crippen LogP contribution in [0.2, 0.25) is 0 Å². The minimum atomic E-state index is -2.61. The maximum Gasteiger partial charge on any atom is 0.266 e. The van der Waals surface area contributed by atoms with Crippen LogP contribution in [-0.2, 0) is 6.54 Å². The van der Waals surface area contributed by atoms with E-state index in [4.69, 9.17) is 0 Å². The lowest BCUT2D eigenvalue weighted by Gasteiger charge is -2.57. The number of hydrogen-bond donors (Lipinski definition) is 1. The molecule has 0 bridgehead atoms. The number of rotatable bonds is 4. The molecule has 166 valence electrons. The number of fused-ring (bicyclic) bond motifs is 5. The third-order valence-electron chi connectivity index (χ3n) is 9.76. The highest BCUT2D eigenvalue weighted by Crippen LogP contribution is 2.65. The molecule has 1 aromatic heterocycles. The first kappa shape index (κ1) is 20.6. The third kappa shape index (κ3) is 3.16. The minimum absolute atomic E-state index is 0.271. The van der Waals surface area contributed by atoms with E-state index in [0.29, 0.717) is 42.6 Å². The number of allylic oxidation sites excluding steroid dienone is 1. The molecule has 1 N–H and O–H groups in total. The Labute approximate surface area is 178 Å². The van der Waals surface area contributed by atoms with E-state index in [1.165, 1.54) is 31.3 Å². The van der Waals surface area contributed by atoms with Crippen molar-refractivity contribution in [3.05, 3.63) is 24.5 Å². The van der Waals surface area contributed by atoms with Crippen molar-refractivity contribution in [1.82, 2.24) is 15.0 Å². The zero-order chi connectivity index (χ0) is 21.1. The first-order valence-corrected chi connectivity index (χ1v) is 11.8. The molecule has 4 fully saturated rings. The monoisotopic (exact) mass is 419 g/mol. The van der Waals surface area contributed by atoms with Gasteiger partial charge < -0.3 is 5.11 Å². The molecule has 30 heavy (non-hydrogen) atoms. The van der Waals surface area contributed by atoms with Crippen LogP contribution in [0.5, 0.6) is 0 Å². The molecule has 0 radical (unpaired) electrons. The van der Waals surface area contributed by atoms with E-state index in [-0.39, 0.29) is 17.8 Å². The molecule has 1 heterocycles. The second kappa shape index (κ2) is 7.39. The molecule has 8 atom stereocenters. The molecule has 0 aromatic carbocycles. The summed E-state index contributed by atoms with van der Waals surface area (Å²) in [4.78, 5) is 1.74. The molecule has 4 nitrogen and oxygen atoms in total. The van der Waals surface area contributed by atoms with E-state index >= 15 is 0 Å². The Hall–Kier alpha value is -1.30. The highest BCUT2D eigenvalue weighted by Gasteiger charge is 2.58. The van der Waals surface area contributed by atoms with Crippen LogP contribution >= 0.6 is 0 Å². The van der Waals surface area contributed by atoms with Crippen LogP contribution in [0.1, 0.15) is 64.7 Å². The number of halogens is 2. The molecular weight excluding hydrogens is 384 g/mol. The largest absolute Gasteiger partial charge is 0.384 e. The van der Waals surface area contributed by atoms with Crippen molar-refractivity contribution in [2.75, 3.05) is 0 Å². The fraction of sp³-hybridized carbons (Fsp3) is 0.833. The van der Waals surface area contributed by atoms with Crippen molar-refractivity contribution >= 4 is 0 Å². The lowest BCUT2D eigenvalue weighted by atomic mass is 9.48. The van der Waals surface area contributed by atoms with Gasteiger partial charge in [0, 0.05) is 0 Å². The molecule has 0 aliphatic heterocycles. The summed E-state index contributed by atoms with van der Waals surface area (Å²) in [5, 5.41) is 18.9. The van der Waals surface area contributed by atoms with E-state index in [1.54, 1.807) is 17.2 Å². The van der Waals surface area contributed by atoms with Gasteiger partial charge in [-0.2, -0.15) is 15.0 Å². The normalized spacial score (nSPS) is 45.6. The van der Waals surface area contributed by atoms with Crippen LogP contribution in [0.25, 0.3) is 0 Å². The summed E-state index contributed by atoms with van der Waals surface area (Å²) < 4.78 is 26.8. The van der Waals surface area contributed by atoms with E-state index in [2.05, 4.69) is 23.7 Å². The van der Waals surface area contributed by atoms with Gasteiger partial charge >= 0.3 is 0 Å². The number of alkyl halides is 2. The van der Waals surface area contributed by atoms with Crippen LogP contribution in [-0.4, -0.2) is 32.1 Å². The van der Waals surface area contributed by atoms with Crippen LogP contribution in [0, 0.1) is 40.9 Å². The summed E-state index contributed by atoms with van der Waals surface area (Å²) in [5.41, 5.74) is -0.201. The highest BCUT2D eigenvalue weighted by atomic mass is 19.3. The Kier molecular flexibility index (Phi) is 5.07. The van der Waals surface area contributed by atoms with Gasteiger partial charge in [-0.05, 0) is 98.7 Å². The molecule has 0 unspecified atom stereocenters. The lowest BCUT2D eigenvalue weighted by molar-refractivity contribution is -0.159. The predicted octanol–water partition coefficient (Wildman–Crippen LogP) is 5.10. The van der Waals surface area contributed by atoms with Gasteiger partial charge in [0.25, 0.3) is 6.43 Å². The molecule has 1 aromatic rings. The van der Waals surface area contributed by atoms with Gasteiger partial charge in [0.1, 0.15) is 5.60 Å². The molecule has 0 saturated heterocycles. The number of nitrogens with zero attached hydrogens (tertiary/aromatic N) is 3. The zero-order valence-electron chi connectivity index (χ0n) is 18.0. The van der Waals surface area contributed by atoms with Crippen molar-refractivity contribution in [1.29, 1.82) is 0 Å². The van der Waals surface area contributed by atoms with E-state index in [1.807, 2.05) is 0 Å². The topological polar surface area (TPSA) is 50.9 Å². The Bertz CT molecular complexity index is 783. The van der Waals surface area contributed by atoms with Gasteiger partial charge in [-0.3, -0.25) is 0 Å². The Morgan fingerprint density at radius 2 is 1.80 bits per heavy atom. The number of hydrogen-bond acceptors (Lipinski definition) is 3. The first-order chi connectivity index (χ1) is 14.3. The van der Waals surface area contributed by atoms with Gasteiger partial charge in [-0.15, -0.1) is 0 Å². The van der Waals surface area contributed by atoms with Gasteiger partial charge in [0.15, 0.2) is 0 Å². The summed E-state index contributed by atoms with van der Waals surface area (Å²) in [6, 6.07) is 0. The van der Waals surface area contributed by atoms with Gasteiger partial charge in [0.05, 0.1) is 18.9 Å². The van der Waals surface area contributed by atoms with Crippen LogP contribution in [0.15, 0.2) is 24.5 Å². The van der Waals surface area contributed by atoms with Crippen molar-refractivity contribution in [2.24, 2.45) is 40.9 Å². The molecule has 6 heteroatoms. The second-order valence-electron chi connectivity index (χ2n) is 11.0. The van der Waals surface area contributed by atoms with Crippen molar-refractivity contribution in [3.63, 3.8) is 0 Å². The van der Waals surface area contributed by atoms with Crippen molar-refractivity contribution < 1.29 is 13.9 Å². The Balaban J connectivity index is 1.30. The van der Waals surface area contributed by atoms with Crippen LogP contribution in [0.3, 0.4) is 0 Å². The average Bonchev–Trinajstić information content (AvgIpc) is 3.34. The maximum atomic E-state index is 13.4. The molecule has 4 saturated carbocycles. The van der Waals surface area contributed by atoms with E-state index in [9.17, 15) is 13.9 Å². The number of aromatic nitrogens is 3. The second-order valence-corrected chi connectivity index (χ2v) is 11.0. The van der Waals surface area contributed by atoms with Crippen LogP contribution in [0.4, 0.5) is 8.78 Å². The minimum Gasteiger partial charge on any atom is -0.384 e. The molecule has 0 spiro atoms. The fourth-order valence-electron chi connectivity index (χ4n) is 8.40. The van der Waals surface area contributed by atoms with Crippen molar-refractivity contribution in [2.45, 2.75) is 83.3 Å². The molecule has 4 aliphatic rings. The summed E-state index contributed by atoms with van der Waals surface area (Å²) in [7, 11) is 0. The zero-order valence-corrected chi connectivity index (χ0v) is 18.0. The third-order valence-corrected chi connectivity index (χ3v) is 9.76. The standard InChI is InChI=1S/C24H35F2N3O/c1-15(14-29-27-11-12-28-29)20-5-6-21-19-4-3-16-13-24(30,22(25)26)10-8-17(16)18(19)7-9-23(20,21)2/h11-12,16-22,30H,1,3-10,13-14H2,2H3/t16-,17+,18-,19-,20-,21+,23-,24+/m1/s1. The maximum absolute atomic E-state index is 13.4. The quantitative estimate of drug-likeness (QED) is 0.691. The van der Waals surface area contributed by atoms with Crippen LogP contribution < -0.4 is 0 Å². The average molecular weight is 420 g/mol. The number of aliphatic hydroxyl groups is 1. The lowest BCUT2D eigenvalue weighted by Crippen LogP contribution is -2.52. The smallest absolute Gasteiger partial charge is 0.266 e. The Morgan fingerprint density at radius 3 is 2.53 bits per heavy atom. The van der Waals surface area contributed by atoms with Gasteiger partial charge in [0.2, 0.25) is 0 Å². The molecule has 5 rings (SSSR count). The summed E-state index contributed by atoms with van der Waals surface area (Å²) in [6.07, 6.45) is 9.19. The molecule has 0 amide bonds. The molecular formula is C24H35F2N3O. The highest BCUT2D eigenvalue weighted by molar-refractivity contribution is 5.15. The van der Waals surface area contributed by atoms with Crippen molar-refractivity contribution in [3.8, 4) is 0 Å². The summed E-state index contributed by atoms with van der Waals surface area (Å²) >= 11 is 0. The van der Waals surface area contributed by atoms with E-state index in [0.717, 1.165) is 19.3 Å². The SMILES string of the molecule is C=C(Cn1nccn1)[C@H]1CC[C@H]2[C@@H]3CC[C@@H]4C[C@](O)(C(F)F)CC[C@@H]4[C@H]3CC[C@]12C. The van der Waals surface area contributed by atoms with Gasteiger partial charge in [-0.1, -0.05) is 19.1 Å². The molecule has 4 aliphatic carbocycles. The summed E-state index contributed by atoms with van der Waals surface area (Å²) in [5.74, 6) is 3.40. The van der Waals surface area contributed by atoms with E-state index < -0.39 is 12.0 Å². The first-order valence-electron chi connectivity index (χ1n) is 11.8. The predicted molar refractivity (Wildman–Crippen MR) is 111 cm³/mol.